The van der Waals surface area contributed by atoms with Gasteiger partial charge in [-0.2, -0.15) is 0 Å². The van der Waals surface area contributed by atoms with Crippen molar-refractivity contribution < 1.29 is 58.4 Å². The summed E-state index contributed by atoms with van der Waals surface area (Å²) in [4.78, 5) is 48.8. The van der Waals surface area contributed by atoms with Crippen LogP contribution in [-0.4, -0.2) is 68.4 Å². The fraction of sp³-hybridized carbons (Fsp3) is 0.294. The molecular weight excluding hydrogens is 817 g/mol. The van der Waals surface area contributed by atoms with E-state index in [0.29, 0.717) is 74.2 Å². The third kappa shape index (κ3) is 13.2. The van der Waals surface area contributed by atoms with Gasteiger partial charge in [0.1, 0.15) is 23.0 Å². The number of aliphatic carboxylic acids is 2. The molecule has 0 aliphatic carbocycles. The Morgan fingerprint density at radius 3 is 1.83 bits per heavy atom. The van der Waals surface area contributed by atoms with Crippen LogP contribution in [0, 0.1) is 0 Å². The number of hydrogen-bond donors (Lipinski definition) is 3. The van der Waals surface area contributed by atoms with Crippen molar-refractivity contribution in [3.8, 4) is 34.1 Å². The molecule has 1 aliphatic heterocycles. The van der Waals surface area contributed by atoms with Crippen LogP contribution in [0.3, 0.4) is 0 Å². The Morgan fingerprint density at radius 1 is 0.703 bits per heavy atom. The van der Waals surface area contributed by atoms with Crippen molar-refractivity contribution in [3.05, 3.63) is 156 Å². The van der Waals surface area contributed by atoms with E-state index < -0.39 is 30.8 Å². The van der Waals surface area contributed by atoms with Gasteiger partial charge in [0.25, 0.3) is 11.8 Å². The molecule has 1 atom stereocenters. The fourth-order valence-electron chi connectivity index (χ4n) is 6.95. The van der Waals surface area contributed by atoms with Crippen LogP contribution in [0.15, 0.2) is 137 Å². The molecule has 3 heterocycles. The minimum atomic E-state index is -2.56. The minimum Gasteiger partial charge on any atom is -0.493 e. The highest BCUT2D eigenvalue weighted by molar-refractivity contribution is 5.97. The summed E-state index contributed by atoms with van der Waals surface area (Å²) in [6, 6.07) is 31.7. The maximum absolute atomic E-state index is 13.5. The molecular formula is C51H54N2O11. The molecule has 1 unspecified atom stereocenters. The van der Waals surface area contributed by atoms with E-state index in [1.165, 1.54) is 29.4 Å². The third-order valence-corrected chi connectivity index (χ3v) is 10.3. The Kier molecular flexibility index (Phi) is 14.9. The average Bonchev–Trinajstić information content (AvgIpc) is 4.08. The second-order valence-corrected chi connectivity index (χ2v) is 15.1. The van der Waals surface area contributed by atoms with Gasteiger partial charge in [-0.1, -0.05) is 54.6 Å². The predicted molar refractivity (Wildman–Crippen MR) is 239 cm³/mol. The number of nitrogens with zero attached hydrogens (tertiary/aromatic N) is 2. The summed E-state index contributed by atoms with van der Waals surface area (Å²) in [6.07, 6.45) is 7.58. The number of rotatable bonds is 21. The number of amides is 2. The minimum absolute atomic E-state index is 0.00130. The first-order chi connectivity index (χ1) is 32.6. The monoisotopic (exact) mass is 874 g/mol. The molecule has 13 heteroatoms. The Morgan fingerprint density at radius 2 is 1.25 bits per heavy atom. The Hall–Kier alpha value is -7.12. The van der Waals surface area contributed by atoms with Crippen LogP contribution in [0.25, 0.3) is 22.6 Å². The quantitative estimate of drug-likeness (QED) is 0.0356. The van der Waals surface area contributed by atoms with Gasteiger partial charge in [-0.25, -0.2) is 5.06 Å². The molecule has 4 aromatic carbocycles. The number of ether oxygens (including phenoxy) is 2. The van der Waals surface area contributed by atoms with Crippen LogP contribution < -0.4 is 9.47 Å². The van der Waals surface area contributed by atoms with Gasteiger partial charge in [-0.3, -0.25) is 24.4 Å². The number of carboxylic acids is 2. The molecule has 0 radical (unpaired) electrons. The largest absolute Gasteiger partial charge is 0.493 e. The lowest BCUT2D eigenvalue weighted by Gasteiger charge is -2.35. The van der Waals surface area contributed by atoms with E-state index in [-0.39, 0.29) is 53.3 Å². The number of carbonyl (C=O) groups is 4. The van der Waals surface area contributed by atoms with E-state index in [1.807, 2.05) is 31.2 Å². The summed E-state index contributed by atoms with van der Waals surface area (Å²) in [6.45, 7) is -2.20. The van der Waals surface area contributed by atoms with Crippen molar-refractivity contribution in [1.29, 1.82) is 0 Å². The van der Waals surface area contributed by atoms with Crippen LogP contribution in [0.2, 0.25) is 0 Å². The second kappa shape index (κ2) is 23.4. The average molecular weight is 875 g/mol. The van der Waals surface area contributed by atoms with E-state index in [0.717, 1.165) is 22.5 Å². The summed E-state index contributed by atoms with van der Waals surface area (Å²) >= 11 is 0. The van der Waals surface area contributed by atoms with Gasteiger partial charge in [0.2, 0.25) is 0 Å². The van der Waals surface area contributed by atoms with Crippen molar-refractivity contribution in [2.45, 2.75) is 83.7 Å². The molecule has 334 valence electrons. The highest BCUT2D eigenvalue weighted by Crippen LogP contribution is 2.31. The number of carboxylic acid groups (broad SMARTS) is 2. The summed E-state index contributed by atoms with van der Waals surface area (Å²) in [5.41, 5.74) is 3.38. The zero-order valence-corrected chi connectivity index (χ0v) is 35.5. The smallest absolute Gasteiger partial charge is 0.303 e. The first-order valence-corrected chi connectivity index (χ1v) is 21.2. The number of hydrogen-bond acceptors (Lipinski definition) is 9. The third-order valence-electron chi connectivity index (χ3n) is 10.3. The standard InChI is InChI=1S/C27H29NO5.C24H25NO6/c1-19-16-22-17-20(24-10-7-15-33-24)12-13-23(22)27(31)28(19)18-21-8-4-5-9-25(21)32-14-6-2-3-11-26(29)30;26-23(27)10-2-1-5-15-30-22-8-4-3-7-20(22)17-25(29)24(28)19-13-11-18(12-14-19)21-9-6-16-31-21/h4-5,7-10,12-13,15,17,19H,2-3,6,11,14,16,18H2,1H3,(H,29,30);3-4,6-9,11-14,16,29H,1-2,5,10,15,17H2,(H,26,27)/i18D2;17D2. The SMILES string of the molecule is [2H]C([2H])(c1ccccc1OCCCCCC(=O)O)N(O)C(=O)c1ccc(-c2ccco2)cc1.[2H]C([2H])(c1ccccc1OCCCCCC(=O)O)N1C(=O)c2ccc(-c3ccco3)cc2CC1C. The Bertz CT molecular complexity index is 2620. The molecule has 0 fully saturated rings. The van der Waals surface area contributed by atoms with Crippen molar-refractivity contribution in [2.75, 3.05) is 13.2 Å². The second-order valence-electron chi connectivity index (χ2n) is 15.1. The van der Waals surface area contributed by atoms with Gasteiger partial charge >= 0.3 is 11.9 Å². The van der Waals surface area contributed by atoms with E-state index >= 15 is 0 Å². The number of para-hydroxylation sites is 2. The van der Waals surface area contributed by atoms with Gasteiger partial charge < -0.3 is 33.4 Å². The number of benzene rings is 4. The lowest BCUT2D eigenvalue weighted by molar-refractivity contribution is -0.138. The highest BCUT2D eigenvalue weighted by atomic mass is 16.5. The number of unbranched alkanes of at least 4 members (excludes halogenated alkanes) is 4. The maximum atomic E-state index is 13.5. The first-order valence-electron chi connectivity index (χ1n) is 23.2. The van der Waals surface area contributed by atoms with Crippen LogP contribution in [0.1, 0.15) is 101 Å². The lowest BCUT2D eigenvalue weighted by Crippen LogP contribution is -2.43. The van der Waals surface area contributed by atoms with Gasteiger partial charge in [0.05, 0.1) is 37.7 Å². The van der Waals surface area contributed by atoms with Crippen LogP contribution >= 0.6 is 0 Å². The van der Waals surface area contributed by atoms with Gasteiger partial charge in [-0.05, 0) is 118 Å². The van der Waals surface area contributed by atoms with Crippen molar-refractivity contribution in [3.63, 3.8) is 0 Å². The summed E-state index contributed by atoms with van der Waals surface area (Å²) in [5, 5.41) is 28.0. The Labute approximate surface area is 378 Å². The number of fused-ring (bicyclic) bond motifs is 1. The van der Waals surface area contributed by atoms with Crippen molar-refractivity contribution >= 4 is 23.8 Å². The van der Waals surface area contributed by atoms with Crippen LogP contribution in [0.4, 0.5) is 0 Å². The summed E-state index contributed by atoms with van der Waals surface area (Å²) in [5.74, 6) is -1.01. The van der Waals surface area contributed by atoms with Gasteiger partial charge in [0, 0.05) is 58.8 Å². The van der Waals surface area contributed by atoms with Crippen LogP contribution in [-0.2, 0) is 29.0 Å². The molecule has 2 aromatic heterocycles. The lowest BCUT2D eigenvalue weighted by atomic mass is 9.91. The van der Waals surface area contributed by atoms with Gasteiger partial charge in [0.15, 0.2) is 0 Å². The summed E-state index contributed by atoms with van der Waals surface area (Å²) in [7, 11) is 0. The molecule has 0 bridgehead atoms. The molecule has 64 heavy (non-hydrogen) atoms. The summed E-state index contributed by atoms with van der Waals surface area (Å²) < 4.78 is 57.1. The molecule has 3 N–H and O–H groups in total. The highest BCUT2D eigenvalue weighted by Gasteiger charge is 2.31. The van der Waals surface area contributed by atoms with Gasteiger partial charge in [-0.15, -0.1) is 0 Å². The zero-order valence-electron chi connectivity index (χ0n) is 39.5. The zero-order chi connectivity index (χ0) is 48.8. The van der Waals surface area contributed by atoms with Crippen LogP contribution in [0.5, 0.6) is 11.5 Å². The normalized spacial score (nSPS) is 14.4. The predicted octanol–water partition coefficient (Wildman–Crippen LogP) is 10.6. The number of carbonyl (C=O) groups excluding carboxylic acids is 2. The molecule has 0 saturated heterocycles. The molecule has 2 amide bonds. The Balaban J connectivity index is 0.000000224. The molecule has 6 aromatic rings. The molecule has 0 saturated carbocycles. The van der Waals surface area contributed by atoms with E-state index in [1.54, 1.807) is 79.1 Å². The van der Waals surface area contributed by atoms with Crippen molar-refractivity contribution in [2.24, 2.45) is 0 Å². The van der Waals surface area contributed by atoms with E-state index in [9.17, 15) is 24.4 Å². The van der Waals surface area contributed by atoms with E-state index in [4.69, 9.17) is 34.0 Å². The topological polar surface area (TPSA) is 180 Å². The first kappa shape index (κ1) is 40.9. The van der Waals surface area contributed by atoms with E-state index in [2.05, 4.69) is 0 Å². The fourth-order valence-corrected chi connectivity index (χ4v) is 6.95. The maximum Gasteiger partial charge on any atom is 0.303 e. The number of hydroxylamine groups is 2. The molecule has 7 rings (SSSR count). The van der Waals surface area contributed by atoms with Crippen molar-refractivity contribution in [1.82, 2.24) is 9.96 Å². The number of furan rings is 2. The molecule has 1 aliphatic rings. The molecule has 0 spiro atoms. The molecule has 13 nitrogen and oxygen atoms in total.